The van der Waals surface area contributed by atoms with Crippen LogP contribution in [-0.4, -0.2) is 42.1 Å². The monoisotopic (exact) mass is 301 g/mol. The van der Waals surface area contributed by atoms with Crippen molar-refractivity contribution in [3.63, 3.8) is 0 Å². The van der Waals surface area contributed by atoms with Crippen LogP contribution in [0.3, 0.4) is 0 Å². The van der Waals surface area contributed by atoms with Crippen molar-refractivity contribution >= 4 is 5.91 Å². The van der Waals surface area contributed by atoms with Crippen LogP contribution in [0.25, 0.3) is 0 Å². The van der Waals surface area contributed by atoms with E-state index in [4.69, 9.17) is 4.74 Å². The Morgan fingerprint density at radius 1 is 1.18 bits per heavy atom. The third kappa shape index (κ3) is 2.71. The summed E-state index contributed by atoms with van der Waals surface area (Å²) < 4.78 is 5.77. The first-order valence-electron chi connectivity index (χ1n) is 8.29. The third-order valence-corrected chi connectivity index (χ3v) is 5.17. The number of nitrogens with one attached hydrogen (secondary N) is 2. The lowest BCUT2D eigenvalue weighted by Crippen LogP contribution is -2.48. The minimum atomic E-state index is -0.108. The van der Waals surface area contributed by atoms with E-state index in [1.54, 1.807) is 0 Å². The molecule has 2 bridgehead atoms. The van der Waals surface area contributed by atoms with Gasteiger partial charge < -0.3 is 9.64 Å². The number of nitrogens with zero attached hydrogens (tertiary/aromatic N) is 1. The van der Waals surface area contributed by atoms with Crippen LogP contribution in [0, 0.1) is 5.92 Å². The molecule has 1 amide bonds. The summed E-state index contributed by atoms with van der Waals surface area (Å²) in [6.07, 6.45) is 4.50. The largest absolute Gasteiger partial charge is 0.492 e. The lowest BCUT2D eigenvalue weighted by molar-refractivity contribution is -0.134. The highest BCUT2D eigenvalue weighted by Gasteiger charge is 2.43. The van der Waals surface area contributed by atoms with Crippen LogP contribution in [0.1, 0.15) is 25.7 Å². The topological polar surface area (TPSA) is 53.6 Å². The number of hydrogen-bond donors (Lipinski definition) is 2. The Morgan fingerprint density at radius 2 is 2.05 bits per heavy atom. The van der Waals surface area contributed by atoms with Crippen LogP contribution in [0.5, 0.6) is 5.75 Å². The normalized spacial score (nSPS) is 33.4. The number of carbonyl (C=O) groups is 1. The molecule has 3 fully saturated rings. The SMILES string of the molecule is O=C(C1CC(COc2ccccc2)NN1)N1C[C@H]2CC[C@H]1C2. The van der Waals surface area contributed by atoms with Crippen LogP contribution < -0.4 is 15.6 Å². The number of rotatable bonds is 4. The highest BCUT2D eigenvalue weighted by atomic mass is 16.5. The second-order valence-corrected chi connectivity index (χ2v) is 6.72. The summed E-state index contributed by atoms with van der Waals surface area (Å²) in [5.41, 5.74) is 6.36. The summed E-state index contributed by atoms with van der Waals surface area (Å²) in [4.78, 5) is 14.7. The maximum atomic E-state index is 12.6. The fourth-order valence-corrected chi connectivity index (χ4v) is 4.00. The maximum Gasteiger partial charge on any atom is 0.241 e. The van der Waals surface area contributed by atoms with E-state index >= 15 is 0 Å². The van der Waals surface area contributed by atoms with Crippen molar-refractivity contribution in [3.05, 3.63) is 30.3 Å². The van der Waals surface area contributed by atoms with E-state index in [-0.39, 0.29) is 18.0 Å². The van der Waals surface area contributed by atoms with E-state index in [2.05, 4.69) is 15.8 Å². The first-order chi connectivity index (χ1) is 10.8. The molecule has 4 atom stereocenters. The average molecular weight is 301 g/mol. The lowest BCUT2D eigenvalue weighted by Gasteiger charge is -2.29. The number of ether oxygens (including phenoxy) is 1. The van der Waals surface area contributed by atoms with Gasteiger partial charge in [0, 0.05) is 12.6 Å². The highest BCUT2D eigenvalue weighted by molar-refractivity contribution is 5.83. The van der Waals surface area contributed by atoms with Gasteiger partial charge in [-0.2, -0.15) is 0 Å². The molecule has 2 unspecified atom stereocenters. The standard InChI is InChI=1S/C17H23N3O2/c21-17(20-10-12-6-7-14(20)8-12)16-9-13(18-19-16)11-22-15-4-2-1-3-5-15/h1-5,12-14,16,18-19H,6-11H2/t12-,13?,14-,16?/m0/s1. The Balaban J connectivity index is 1.28. The van der Waals surface area contributed by atoms with Gasteiger partial charge in [-0.3, -0.25) is 10.2 Å². The summed E-state index contributed by atoms with van der Waals surface area (Å²) in [7, 11) is 0. The number of para-hydroxylation sites is 1. The molecule has 0 aromatic heterocycles. The van der Waals surface area contributed by atoms with E-state index in [1.807, 2.05) is 30.3 Å². The predicted molar refractivity (Wildman–Crippen MR) is 83.2 cm³/mol. The van der Waals surface area contributed by atoms with Crippen molar-refractivity contribution < 1.29 is 9.53 Å². The first-order valence-corrected chi connectivity index (χ1v) is 8.29. The number of carbonyl (C=O) groups excluding carboxylic acids is 1. The van der Waals surface area contributed by atoms with Gasteiger partial charge in [-0.1, -0.05) is 18.2 Å². The summed E-state index contributed by atoms with van der Waals surface area (Å²) in [6, 6.07) is 10.4. The smallest absolute Gasteiger partial charge is 0.241 e. The first kappa shape index (κ1) is 14.0. The van der Waals surface area contributed by atoms with Crippen LogP contribution in [0.15, 0.2) is 30.3 Å². The van der Waals surface area contributed by atoms with Gasteiger partial charge in [-0.25, -0.2) is 5.43 Å². The second kappa shape index (κ2) is 5.89. The van der Waals surface area contributed by atoms with Gasteiger partial charge in [0.2, 0.25) is 5.91 Å². The maximum absolute atomic E-state index is 12.6. The minimum Gasteiger partial charge on any atom is -0.492 e. The van der Waals surface area contributed by atoms with Crippen molar-refractivity contribution in [3.8, 4) is 5.75 Å². The van der Waals surface area contributed by atoms with Crippen molar-refractivity contribution in [2.24, 2.45) is 5.92 Å². The molecule has 2 heterocycles. The number of piperidine rings is 1. The van der Waals surface area contributed by atoms with Gasteiger partial charge in [0.15, 0.2) is 0 Å². The fraction of sp³-hybridized carbons (Fsp3) is 0.588. The van der Waals surface area contributed by atoms with Crippen molar-refractivity contribution in [1.29, 1.82) is 0 Å². The molecule has 5 nitrogen and oxygen atoms in total. The summed E-state index contributed by atoms with van der Waals surface area (Å²) in [6.45, 7) is 1.54. The van der Waals surface area contributed by atoms with Crippen LogP contribution in [0.4, 0.5) is 0 Å². The van der Waals surface area contributed by atoms with Crippen LogP contribution in [0.2, 0.25) is 0 Å². The van der Waals surface area contributed by atoms with Crippen molar-refractivity contribution in [1.82, 2.24) is 15.8 Å². The number of benzene rings is 1. The van der Waals surface area contributed by atoms with Gasteiger partial charge in [0.25, 0.3) is 0 Å². The zero-order chi connectivity index (χ0) is 14.9. The van der Waals surface area contributed by atoms with Gasteiger partial charge in [-0.05, 0) is 43.7 Å². The number of hydrogen-bond acceptors (Lipinski definition) is 4. The number of fused-ring (bicyclic) bond motifs is 2. The van der Waals surface area contributed by atoms with E-state index in [0.717, 1.165) is 24.6 Å². The molecule has 1 aliphatic carbocycles. The zero-order valence-corrected chi connectivity index (χ0v) is 12.7. The Kier molecular flexibility index (Phi) is 3.76. The predicted octanol–water partition coefficient (Wildman–Crippen LogP) is 1.31. The molecule has 2 aliphatic heterocycles. The van der Waals surface area contributed by atoms with E-state index in [1.165, 1.54) is 19.3 Å². The van der Waals surface area contributed by atoms with E-state index < -0.39 is 0 Å². The van der Waals surface area contributed by atoms with Crippen molar-refractivity contribution in [2.45, 2.75) is 43.8 Å². The molecule has 1 aromatic rings. The zero-order valence-electron chi connectivity index (χ0n) is 12.7. The lowest BCUT2D eigenvalue weighted by atomic mass is 10.1. The Hall–Kier alpha value is -1.59. The second-order valence-electron chi connectivity index (χ2n) is 6.72. The molecule has 1 saturated carbocycles. The molecule has 2 N–H and O–H groups in total. The fourth-order valence-electron chi connectivity index (χ4n) is 4.00. The highest BCUT2D eigenvalue weighted by Crippen LogP contribution is 2.37. The van der Waals surface area contributed by atoms with Crippen molar-refractivity contribution in [2.75, 3.05) is 13.2 Å². The van der Waals surface area contributed by atoms with Gasteiger partial charge in [0.1, 0.15) is 18.4 Å². The summed E-state index contributed by atoms with van der Waals surface area (Å²) in [5, 5.41) is 0. The molecule has 5 heteroatoms. The summed E-state index contributed by atoms with van der Waals surface area (Å²) in [5.74, 6) is 1.89. The Bertz CT molecular complexity index is 536. The van der Waals surface area contributed by atoms with Gasteiger partial charge >= 0.3 is 0 Å². The number of hydrazine groups is 1. The minimum absolute atomic E-state index is 0.108. The molecular formula is C17H23N3O2. The molecule has 22 heavy (non-hydrogen) atoms. The molecule has 1 aromatic carbocycles. The summed E-state index contributed by atoms with van der Waals surface area (Å²) >= 11 is 0. The molecule has 2 saturated heterocycles. The molecule has 118 valence electrons. The molecule has 4 rings (SSSR count). The van der Waals surface area contributed by atoms with Crippen LogP contribution in [-0.2, 0) is 4.79 Å². The van der Waals surface area contributed by atoms with Gasteiger partial charge in [-0.15, -0.1) is 0 Å². The molecule has 0 spiro atoms. The third-order valence-electron chi connectivity index (χ3n) is 5.17. The van der Waals surface area contributed by atoms with E-state index in [0.29, 0.717) is 12.6 Å². The number of amides is 1. The Morgan fingerprint density at radius 3 is 2.77 bits per heavy atom. The quantitative estimate of drug-likeness (QED) is 0.880. The van der Waals surface area contributed by atoms with E-state index in [9.17, 15) is 4.79 Å². The molecular weight excluding hydrogens is 278 g/mol. The molecule has 0 radical (unpaired) electrons. The van der Waals surface area contributed by atoms with Crippen LogP contribution >= 0.6 is 0 Å². The molecule has 3 aliphatic rings. The Labute approximate surface area is 131 Å². The van der Waals surface area contributed by atoms with Gasteiger partial charge in [0.05, 0.1) is 6.04 Å². The number of likely N-dealkylation sites (tertiary alicyclic amines) is 1. The average Bonchev–Trinajstić information content (AvgIpc) is 3.29.